The van der Waals surface area contributed by atoms with Crippen molar-refractivity contribution in [1.82, 2.24) is 9.78 Å². The van der Waals surface area contributed by atoms with E-state index in [-0.39, 0.29) is 11.8 Å². The predicted molar refractivity (Wildman–Crippen MR) is 59.7 cm³/mol. The third-order valence-corrected chi connectivity index (χ3v) is 2.43. The van der Waals surface area contributed by atoms with Gasteiger partial charge in [-0.05, 0) is 19.9 Å². The zero-order valence-electron chi connectivity index (χ0n) is 9.18. The van der Waals surface area contributed by atoms with E-state index in [2.05, 4.69) is 5.10 Å². The van der Waals surface area contributed by atoms with E-state index < -0.39 is 5.82 Å². The molecule has 2 rings (SSSR count). The van der Waals surface area contributed by atoms with Crippen molar-refractivity contribution in [2.75, 3.05) is 0 Å². The van der Waals surface area contributed by atoms with Crippen molar-refractivity contribution in [2.45, 2.75) is 19.9 Å². The van der Waals surface area contributed by atoms with E-state index in [1.165, 1.54) is 6.07 Å². The molecule has 0 saturated heterocycles. The summed E-state index contributed by atoms with van der Waals surface area (Å²) in [5, 5.41) is 13.7. The molecule has 1 aromatic carbocycles. The highest BCUT2D eigenvalue weighted by Gasteiger charge is 2.11. The number of hydrogen-bond acceptors (Lipinski definition) is 2. The fourth-order valence-electron chi connectivity index (χ4n) is 1.51. The van der Waals surface area contributed by atoms with Gasteiger partial charge in [0.1, 0.15) is 0 Å². The first-order chi connectivity index (χ1) is 7.59. The first-order valence-electron chi connectivity index (χ1n) is 5.11. The largest absolute Gasteiger partial charge is 0.504 e. The van der Waals surface area contributed by atoms with E-state index in [1.54, 1.807) is 29.2 Å². The number of aromatic nitrogens is 2. The second kappa shape index (κ2) is 3.96. The Morgan fingerprint density at radius 2 is 2.12 bits per heavy atom. The number of phenols is 1. The van der Waals surface area contributed by atoms with Crippen molar-refractivity contribution in [3.8, 4) is 16.9 Å². The third kappa shape index (κ3) is 1.78. The Kier molecular flexibility index (Phi) is 2.64. The van der Waals surface area contributed by atoms with Gasteiger partial charge in [-0.25, -0.2) is 4.39 Å². The summed E-state index contributed by atoms with van der Waals surface area (Å²) in [6, 6.07) is 4.70. The number of rotatable bonds is 2. The molecule has 84 valence electrons. The second-order valence-electron chi connectivity index (χ2n) is 3.94. The summed E-state index contributed by atoms with van der Waals surface area (Å²) in [5.74, 6) is -0.944. The topological polar surface area (TPSA) is 38.0 Å². The summed E-state index contributed by atoms with van der Waals surface area (Å²) in [5.41, 5.74) is 1.18. The summed E-state index contributed by atoms with van der Waals surface area (Å²) < 4.78 is 14.9. The normalized spacial score (nSPS) is 11.0. The summed E-state index contributed by atoms with van der Waals surface area (Å²) in [6.07, 6.45) is 3.41. The quantitative estimate of drug-likeness (QED) is 0.844. The SMILES string of the molecule is CC(C)n1cc(-c2cccc(F)c2O)cn1. The molecule has 16 heavy (non-hydrogen) atoms. The van der Waals surface area contributed by atoms with Crippen LogP contribution in [0.3, 0.4) is 0 Å². The van der Waals surface area contributed by atoms with Crippen molar-refractivity contribution in [1.29, 1.82) is 0 Å². The standard InChI is InChI=1S/C12H13FN2O/c1-8(2)15-7-9(6-14-15)10-4-3-5-11(13)12(10)16/h3-8,16H,1-2H3. The maximum atomic E-state index is 13.2. The van der Waals surface area contributed by atoms with E-state index in [9.17, 15) is 9.50 Å². The molecule has 2 aromatic rings. The fraction of sp³-hybridized carbons (Fsp3) is 0.250. The lowest BCUT2D eigenvalue weighted by atomic mass is 10.1. The lowest BCUT2D eigenvalue weighted by Crippen LogP contribution is -1.99. The summed E-state index contributed by atoms with van der Waals surface area (Å²) in [7, 11) is 0. The minimum absolute atomic E-state index is 0.240. The number of aromatic hydroxyl groups is 1. The summed E-state index contributed by atoms with van der Waals surface area (Å²) >= 11 is 0. The second-order valence-corrected chi connectivity index (χ2v) is 3.94. The smallest absolute Gasteiger partial charge is 0.165 e. The molecule has 0 bridgehead atoms. The van der Waals surface area contributed by atoms with Crippen LogP contribution in [-0.4, -0.2) is 14.9 Å². The van der Waals surface area contributed by atoms with Crippen molar-refractivity contribution < 1.29 is 9.50 Å². The van der Waals surface area contributed by atoms with Crippen LogP contribution in [0.15, 0.2) is 30.6 Å². The van der Waals surface area contributed by atoms with E-state index in [0.29, 0.717) is 11.1 Å². The highest BCUT2D eigenvalue weighted by molar-refractivity contribution is 5.68. The fourth-order valence-corrected chi connectivity index (χ4v) is 1.51. The van der Waals surface area contributed by atoms with E-state index in [1.807, 2.05) is 13.8 Å². The van der Waals surface area contributed by atoms with Crippen LogP contribution in [0.25, 0.3) is 11.1 Å². The number of halogens is 1. The lowest BCUT2D eigenvalue weighted by molar-refractivity contribution is 0.434. The molecule has 0 saturated carbocycles. The Morgan fingerprint density at radius 3 is 2.75 bits per heavy atom. The number of benzene rings is 1. The maximum absolute atomic E-state index is 13.2. The zero-order valence-corrected chi connectivity index (χ0v) is 9.18. The van der Waals surface area contributed by atoms with Gasteiger partial charge in [-0.3, -0.25) is 4.68 Å². The van der Waals surface area contributed by atoms with E-state index in [4.69, 9.17) is 0 Å². The first kappa shape index (κ1) is 10.7. The minimum Gasteiger partial charge on any atom is -0.504 e. The van der Waals surface area contributed by atoms with Gasteiger partial charge in [0.15, 0.2) is 11.6 Å². The molecular weight excluding hydrogens is 207 g/mol. The van der Waals surface area contributed by atoms with Crippen molar-refractivity contribution >= 4 is 0 Å². The average Bonchev–Trinajstić information content (AvgIpc) is 2.71. The van der Waals surface area contributed by atoms with Gasteiger partial charge >= 0.3 is 0 Å². The number of hydrogen-bond donors (Lipinski definition) is 1. The molecule has 0 fully saturated rings. The number of para-hydroxylation sites is 1. The number of phenolic OH excluding ortho intramolecular Hbond substituents is 1. The minimum atomic E-state index is -0.616. The van der Waals surface area contributed by atoms with Crippen LogP contribution in [-0.2, 0) is 0 Å². The molecular formula is C12H13FN2O. The van der Waals surface area contributed by atoms with Crippen LogP contribution in [0.5, 0.6) is 5.75 Å². The monoisotopic (exact) mass is 220 g/mol. The molecule has 1 heterocycles. The molecule has 0 atom stereocenters. The van der Waals surface area contributed by atoms with E-state index >= 15 is 0 Å². The Balaban J connectivity index is 2.47. The van der Waals surface area contributed by atoms with Crippen LogP contribution < -0.4 is 0 Å². The maximum Gasteiger partial charge on any atom is 0.165 e. The van der Waals surface area contributed by atoms with Crippen LogP contribution in [0.4, 0.5) is 4.39 Å². The predicted octanol–water partition coefficient (Wildman–Crippen LogP) is 2.98. The van der Waals surface area contributed by atoms with Gasteiger partial charge in [0, 0.05) is 23.4 Å². The molecule has 3 nitrogen and oxygen atoms in total. The molecule has 4 heteroatoms. The highest BCUT2D eigenvalue weighted by atomic mass is 19.1. The summed E-state index contributed by atoms with van der Waals surface area (Å²) in [6.45, 7) is 4.00. The molecule has 0 radical (unpaired) electrons. The van der Waals surface area contributed by atoms with Gasteiger partial charge in [-0.15, -0.1) is 0 Å². The van der Waals surface area contributed by atoms with Gasteiger partial charge in [0.05, 0.1) is 6.20 Å². The van der Waals surface area contributed by atoms with Crippen LogP contribution in [0.1, 0.15) is 19.9 Å². The molecule has 0 amide bonds. The Labute approximate surface area is 93.2 Å². The van der Waals surface area contributed by atoms with Crippen LogP contribution in [0.2, 0.25) is 0 Å². The molecule has 1 N–H and O–H groups in total. The lowest BCUT2D eigenvalue weighted by Gasteiger charge is -2.04. The molecule has 0 aliphatic heterocycles. The Hall–Kier alpha value is -1.84. The van der Waals surface area contributed by atoms with E-state index in [0.717, 1.165) is 0 Å². The molecule has 0 aliphatic rings. The molecule has 0 aliphatic carbocycles. The Bertz CT molecular complexity index is 505. The molecule has 0 unspecified atom stereocenters. The third-order valence-electron chi connectivity index (χ3n) is 2.43. The van der Waals surface area contributed by atoms with Gasteiger partial charge in [-0.2, -0.15) is 5.10 Å². The van der Waals surface area contributed by atoms with Crippen LogP contribution in [0, 0.1) is 5.82 Å². The van der Waals surface area contributed by atoms with Crippen molar-refractivity contribution in [2.24, 2.45) is 0 Å². The average molecular weight is 220 g/mol. The van der Waals surface area contributed by atoms with Gasteiger partial charge in [0.25, 0.3) is 0 Å². The number of nitrogens with zero attached hydrogens (tertiary/aromatic N) is 2. The summed E-state index contributed by atoms with van der Waals surface area (Å²) in [4.78, 5) is 0. The van der Waals surface area contributed by atoms with Gasteiger partial charge in [-0.1, -0.05) is 12.1 Å². The molecule has 1 aromatic heterocycles. The van der Waals surface area contributed by atoms with Crippen LogP contribution >= 0.6 is 0 Å². The van der Waals surface area contributed by atoms with Gasteiger partial charge in [0.2, 0.25) is 0 Å². The Morgan fingerprint density at radius 1 is 1.38 bits per heavy atom. The van der Waals surface area contributed by atoms with Crippen molar-refractivity contribution in [3.05, 3.63) is 36.4 Å². The molecule has 0 spiro atoms. The van der Waals surface area contributed by atoms with Crippen molar-refractivity contribution in [3.63, 3.8) is 0 Å². The van der Waals surface area contributed by atoms with Gasteiger partial charge < -0.3 is 5.11 Å². The highest BCUT2D eigenvalue weighted by Crippen LogP contribution is 2.31. The zero-order chi connectivity index (χ0) is 11.7. The first-order valence-corrected chi connectivity index (χ1v) is 5.11.